The van der Waals surface area contributed by atoms with E-state index in [1.807, 2.05) is 12.1 Å². The van der Waals surface area contributed by atoms with Gasteiger partial charge >= 0.3 is 0 Å². The quantitative estimate of drug-likeness (QED) is 0.781. The second kappa shape index (κ2) is 4.97. The fourth-order valence-electron chi connectivity index (χ4n) is 6.11. The molecule has 3 nitrogen and oxygen atoms in total. The van der Waals surface area contributed by atoms with Crippen molar-refractivity contribution in [1.82, 2.24) is 4.90 Å². The molecule has 4 atom stereocenters. The zero-order valence-corrected chi connectivity index (χ0v) is 14.4. The van der Waals surface area contributed by atoms with Gasteiger partial charge in [-0.2, -0.15) is 0 Å². The lowest BCUT2D eigenvalue weighted by atomic mass is 9.51. The summed E-state index contributed by atoms with van der Waals surface area (Å²) < 4.78 is 41.3. The minimum Gasteiger partial charge on any atom is -0.493 e. The normalized spacial score (nSPS) is 37.2. The number of hydrogen-bond donors (Lipinski definition) is 0. The third-order valence-corrected chi connectivity index (χ3v) is 6.97. The van der Waals surface area contributed by atoms with E-state index in [-0.39, 0.29) is 12.3 Å². The molecule has 2 fully saturated rings. The number of methoxy groups -OCH3 is 1. The number of halogens is 2. The lowest BCUT2D eigenvalue weighted by Crippen LogP contribution is -2.68. The Morgan fingerprint density at radius 2 is 2.24 bits per heavy atom. The van der Waals surface area contributed by atoms with Crippen LogP contribution in [0.4, 0.5) is 8.78 Å². The molecular weight excluding hydrogens is 324 g/mol. The van der Waals surface area contributed by atoms with Gasteiger partial charge in [0.1, 0.15) is 0 Å². The SMILES string of the molecule is C=CCN1CC[C@@]23c4c5ccc(OC)c4O[C@@H]2C(F)(F)CCC3[C@@H]1C5. The van der Waals surface area contributed by atoms with Crippen molar-refractivity contribution in [3.63, 3.8) is 0 Å². The summed E-state index contributed by atoms with van der Waals surface area (Å²) in [4.78, 5) is 2.43. The highest BCUT2D eigenvalue weighted by Gasteiger charge is 2.70. The smallest absolute Gasteiger partial charge is 0.285 e. The molecule has 1 aromatic carbocycles. The maximum Gasteiger partial charge on any atom is 0.285 e. The van der Waals surface area contributed by atoms with Gasteiger partial charge in [0.15, 0.2) is 17.6 Å². The number of benzene rings is 1. The molecule has 1 saturated heterocycles. The van der Waals surface area contributed by atoms with E-state index in [1.165, 1.54) is 0 Å². The summed E-state index contributed by atoms with van der Waals surface area (Å²) in [7, 11) is 1.58. The molecular formula is C20H23F2NO2. The zero-order valence-electron chi connectivity index (χ0n) is 14.4. The van der Waals surface area contributed by atoms with Crippen LogP contribution in [0.3, 0.4) is 0 Å². The highest BCUT2D eigenvalue weighted by atomic mass is 19.3. The first-order valence-corrected chi connectivity index (χ1v) is 9.12. The molecule has 1 spiro atoms. The van der Waals surface area contributed by atoms with Gasteiger partial charge in [-0.05, 0) is 43.4 Å². The van der Waals surface area contributed by atoms with Crippen LogP contribution < -0.4 is 9.47 Å². The Bertz CT molecular complexity index is 749. The number of nitrogens with zero attached hydrogens (tertiary/aromatic N) is 1. The van der Waals surface area contributed by atoms with Crippen LogP contribution in [-0.2, 0) is 11.8 Å². The van der Waals surface area contributed by atoms with Crippen LogP contribution in [0.1, 0.15) is 30.4 Å². The first-order valence-electron chi connectivity index (χ1n) is 9.12. The molecule has 0 aromatic heterocycles. The molecule has 4 aliphatic rings. The summed E-state index contributed by atoms with van der Waals surface area (Å²) in [5, 5.41) is 0. The lowest BCUT2D eigenvalue weighted by Gasteiger charge is -2.59. The third kappa shape index (κ3) is 1.77. The molecule has 5 rings (SSSR count). The van der Waals surface area contributed by atoms with Crippen LogP contribution in [-0.4, -0.2) is 43.2 Å². The van der Waals surface area contributed by atoms with E-state index in [0.29, 0.717) is 24.0 Å². The minimum atomic E-state index is -2.79. The number of rotatable bonds is 3. The van der Waals surface area contributed by atoms with Gasteiger partial charge in [0, 0.05) is 30.0 Å². The molecule has 0 amide bonds. The summed E-state index contributed by atoms with van der Waals surface area (Å²) >= 11 is 0. The Labute approximate surface area is 146 Å². The number of piperidine rings is 1. The molecule has 1 unspecified atom stereocenters. The predicted molar refractivity (Wildman–Crippen MR) is 90.6 cm³/mol. The first kappa shape index (κ1) is 15.6. The summed E-state index contributed by atoms with van der Waals surface area (Å²) in [5.74, 6) is -1.41. The van der Waals surface area contributed by atoms with Crippen molar-refractivity contribution >= 4 is 0 Å². The van der Waals surface area contributed by atoms with Gasteiger partial charge in [0.25, 0.3) is 5.92 Å². The number of ether oxygens (including phenoxy) is 2. The Morgan fingerprint density at radius 3 is 3.00 bits per heavy atom. The van der Waals surface area contributed by atoms with Gasteiger partial charge in [-0.1, -0.05) is 12.1 Å². The molecule has 134 valence electrons. The summed E-state index contributed by atoms with van der Waals surface area (Å²) in [5.41, 5.74) is 1.61. The van der Waals surface area contributed by atoms with Crippen LogP contribution in [0, 0.1) is 5.92 Å². The lowest BCUT2D eigenvalue weighted by molar-refractivity contribution is -0.181. The monoisotopic (exact) mass is 347 g/mol. The van der Waals surface area contributed by atoms with Crippen molar-refractivity contribution in [3.8, 4) is 11.5 Å². The van der Waals surface area contributed by atoms with Crippen LogP contribution in [0.5, 0.6) is 11.5 Å². The number of likely N-dealkylation sites (tertiary alicyclic amines) is 1. The van der Waals surface area contributed by atoms with Gasteiger partial charge in [-0.15, -0.1) is 6.58 Å². The van der Waals surface area contributed by atoms with Crippen molar-refractivity contribution < 1.29 is 18.3 Å². The Morgan fingerprint density at radius 1 is 1.40 bits per heavy atom. The van der Waals surface area contributed by atoms with Crippen molar-refractivity contribution in [2.24, 2.45) is 5.92 Å². The number of hydrogen-bond acceptors (Lipinski definition) is 3. The fourth-order valence-corrected chi connectivity index (χ4v) is 6.11. The van der Waals surface area contributed by atoms with E-state index in [4.69, 9.17) is 9.47 Å². The van der Waals surface area contributed by atoms with Crippen LogP contribution in [0.25, 0.3) is 0 Å². The topological polar surface area (TPSA) is 21.7 Å². The molecule has 2 heterocycles. The predicted octanol–water partition coefficient (Wildman–Crippen LogP) is 3.56. The molecule has 2 aliphatic heterocycles. The standard InChI is InChI=1S/C20H23F2NO2/c1-3-9-23-10-8-19-13-6-7-20(21,22)18(19)25-17-15(24-2)5-4-12(16(17)19)11-14(13)23/h3-5,13-14,18H,1,6-11H2,2H3/t13?,14-,18-,19+/m0/s1. The van der Waals surface area contributed by atoms with Gasteiger partial charge in [0.2, 0.25) is 0 Å². The Hall–Kier alpha value is -1.62. The van der Waals surface area contributed by atoms with Gasteiger partial charge in [-0.3, -0.25) is 4.90 Å². The van der Waals surface area contributed by atoms with Crippen LogP contribution >= 0.6 is 0 Å². The van der Waals surface area contributed by atoms with Gasteiger partial charge in [0.05, 0.1) is 7.11 Å². The van der Waals surface area contributed by atoms with E-state index in [0.717, 1.165) is 37.1 Å². The average molecular weight is 347 g/mol. The van der Waals surface area contributed by atoms with Gasteiger partial charge < -0.3 is 9.47 Å². The largest absolute Gasteiger partial charge is 0.493 e. The fraction of sp³-hybridized carbons (Fsp3) is 0.600. The van der Waals surface area contributed by atoms with Crippen molar-refractivity contribution in [1.29, 1.82) is 0 Å². The molecule has 5 heteroatoms. The third-order valence-electron chi connectivity index (χ3n) is 6.97. The summed E-state index contributed by atoms with van der Waals surface area (Å²) in [6.07, 6.45) is 2.95. The van der Waals surface area contributed by atoms with E-state index in [9.17, 15) is 8.78 Å². The van der Waals surface area contributed by atoms with E-state index >= 15 is 0 Å². The van der Waals surface area contributed by atoms with Crippen LogP contribution in [0.15, 0.2) is 24.8 Å². The Kier molecular flexibility index (Phi) is 3.10. The van der Waals surface area contributed by atoms with Gasteiger partial charge in [-0.25, -0.2) is 8.78 Å². The maximum absolute atomic E-state index is 14.9. The van der Waals surface area contributed by atoms with Crippen molar-refractivity contribution in [3.05, 3.63) is 35.9 Å². The molecule has 0 N–H and O–H groups in total. The molecule has 0 radical (unpaired) electrons. The molecule has 2 bridgehead atoms. The Balaban J connectivity index is 1.74. The van der Waals surface area contributed by atoms with E-state index < -0.39 is 17.4 Å². The molecule has 1 saturated carbocycles. The molecule has 25 heavy (non-hydrogen) atoms. The summed E-state index contributed by atoms with van der Waals surface area (Å²) in [6, 6.07) is 4.22. The van der Waals surface area contributed by atoms with Crippen molar-refractivity contribution in [2.45, 2.75) is 49.2 Å². The highest BCUT2D eigenvalue weighted by molar-refractivity contribution is 5.61. The minimum absolute atomic E-state index is 0.0891. The zero-order chi connectivity index (χ0) is 17.4. The van der Waals surface area contributed by atoms with E-state index in [1.54, 1.807) is 7.11 Å². The second-order valence-electron chi connectivity index (χ2n) is 7.88. The maximum atomic E-state index is 14.9. The summed E-state index contributed by atoms with van der Waals surface area (Å²) in [6.45, 7) is 5.51. The van der Waals surface area contributed by atoms with Crippen LogP contribution in [0.2, 0.25) is 0 Å². The first-order chi connectivity index (χ1) is 12.0. The number of alkyl halides is 2. The average Bonchev–Trinajstić information content (AvgIpc) is 2.94. The molecule has 1 aromatic rings. The second-order valence-corrected chi connectivity index (χ2v) is 7.88. The van der Waals surface area contributed by atoms with E-state index in [2.05, 4.69) is 17.5 Å². The highest BCUT2D eigenvalue weighted by Crippen LogP contribution is 2.66. The molecule has 2 aliphatic carbocycles. The van der Waals surface area contributed by atoms with Crippen molar-refractivity contribution in [2.75, 3.05) is 20.2 Å².